The van der Waals surface area contributed by atoms with Gasteiger partial charge in [-0.25, -0.2) is 13.8 Å². The largest absolute Gasteiger partial charge is 0.361 e. The third-order valence-electron chi connectivity index (χ3n) is 3.11. The second-order valence-electron chi connectivity index (χ2n) is 4.41. The summed E-state index contributed by atoms with van der Waals surface area (Å²) in [5.41, 5.74) is 0.697. The minimum absolute atomic E-state index is 0.0275. The zero-order chi connectivity index (χ0) is 14.7. The first-order chi connectivity index (χ1) is 9.56. The first-order valence-corrected chi connectivity index (χ1v) is 6.16. The van der Waals surface area contributed by atoms with Gasteiger partial charge in [0.25, 0.3) is 0 Å². The molecule has 0 spiro atoms. The van der Waals surface area contributed by atoms with E-state index in [1.807, 2.05) is 14.0 Å². The Morgan fingerprint density at radius 3 is 2.45 bits per heavy atom. The minimum Gasteiger partial charge on any atom is -0.361 e. The van der Waals surface area contributed by atoms with Crippen molar-refractivity contribution in [3.05, 3.63) is 47.5 Å². The van der Waals surface area contributed by atoms with Crippen LogP contribution in [-0.2, 0) is 13.6 Å². The number of benzene rings is 1. The maximum absolute atomic E-state index is 14.0. The van der Waals surface area contributed by atoms with Crippen LogP contribution in [0.15, 0.2) is 24.7 Å². The molecule has 1 aromatic heterocycles. The zero-order valence-corrected chi connectivity index (χ0v) is 11.3. The van der Waals surface area contributed by atoms with Crippen molar-refractivity contribution in [2.75, 3.05) is 11.4 Å². The summed E-state index contributed by atoms with van der Waals surface area (Å²) in [7, 11) is 1.82. The van der Waals surface area contributed by atoms with Gasteiger partial charge in [-0.15, -0.1) is 0 Å². The number of hydrogen-bond donors (Lipinski definition) is 0. The number of nitrogens with zero attached hydrogens (tertiary/aromatic N) is 4. The smallest absolute Gasteiger partial charge is 0.150 e. The Balaban J connectivity index is 2.38. The van der Waals surface area contributed by atoms with E-state index in [0.717, 1.165) is 17.8 Å². The molecule has 0 saturated heterocycles. The van der Waals surface area contributed by atoms with Gasteiger partial charge in [0.2, 0.25) is 0 Å². The SMILES string of the molecule is CCN(Cc1cncn1C)c1c(F)cc(C#N)cc1F. The normalized spacial score (nSPS) is 10.3. The van der Waals surface area contributed by atoms with Gasteiger partial charge in [-0.05, 0) is 19.1 Å². The lowest BCUT2D eigenvalue weighted by Gasteiger charge is -2.24. The molecule has 0 aliphatic carbocycles. The molecule has 104 valence electrons. The molecule has 1 heterocycles. The van der Waals surface area contributed by atoms with Gasteiger partial charge in [0, 0.05) is 19.8 Å². The Bertz CT molecular complexity index is 634. The maximum atomic E-state index is 14.0. The summed E-state index contributed by atoms with van der Waals surface area (Å²) in [4.78, 5) is 5.55. The van der Waals surface area contributed by atoms with E-state index in [1.54, 1.807) is 28.1 Å². The molecule has 0 saturated carbocycles. The Morgan fingerprint density at radius 1 is 1.35 bits per heavy atom. The lowest BCUT2D eigenvalue weighted by atomic mass is 10.2. The molecule has 2 aromatic rings. The van der Waals surface area contributed by atoms with Crippen molar-refractivity contribution in [1.29, 1.82) is 5.26 Å². The number of aromatic nitrogens is 2. The van der Waals surface area contributed by atoms with Crippen LogP contribution in [0.4, 0.5) is 14.5 Å². The average Bonchev–Trinajstić information content (AvgIpc) is 2.82. The van der Waals surface area contributed by atoms with E-state index in [4.69, 9.17) is 5.26 Å². The number of rotatable bonds is 4. The topological polar surface area (TPSA) is 44.9 Å². The fraction of sp³-hybridized carbons (Fsp3) is 0.286. The summed E-state index contributed by atoms with van der Waals surface area (Å²) >= 11 is 0. The molecule has 0 aliphatic heterocycles. The third-order valence-corrected chi connectivity index (χ3v) is 3.11. The minimum atomic E-state index is -0.731. The summed E-state index contributed by atoms with van der Waals surface area (Å²) < 4.78 is 29.8. The molecule has 0 fully saturated rings. The first-order valence-electron chi connectivity index (χ1n) is 6.16. The fourth-order valence-corrected chi connectivity index (χ4v) is 2.01. The van der Waals surface area contributed by atoms with Crippen molar-refractivity contribution in [3.63, 3.8) is 0 Å². The zero-order valence-electron chi connectivity index (χ0n) is 11.3. The van der Waals surface area contributed by atoms with Gasteiger partial charge in [0.1, 0.15) is 5.69 Å². The Kier molecular flexibility index (Phi) is 3.99. The number of imidazole rings is 1. The molecular formula is C14H14F2N4. The number of halogens is 2. The van der Waals surface area contributed by atoms with Crippen molar-refractivity contribution in [3.8, 4) is 6.07 Å². The van der Waals surface area contributed by atoms with E-state index >= 15 is 0 Å². The van der Waals surface area contributed by atoms with E-state index in [0.29, 0.717) is 13.1 Å². The molecule has 0 radical (unpaired) electrons. The molecule has 1 aromatic carbocycles. The van der Waals surface area contributed by atoms with Gasteiger partial charge in [-0.2, -0.15) is 5.26 Å². The van der Waals surface area contributed by atoms with Crippen molar-refractivity contribution >= 4 is 5.69 Å². The predicted octanol–water partition coefficient (Wildman–Crippen LogP) is 2.60. The Labute approximate surface area is 115 Å². The molecule has 4 nitrogen and oxygen atoms in total. The highest BCUT2D eigenvalue weighted by Crippen LogP contribution is 2.26. The molecular weight excluding hydrogens is 262 g/mol. The lowest BCUT2D eigenvalue weighted by Crippen LogP contribution is -2.25. The standard InChI is InChI=1S/C14H14F2N4/c1-3-20(8-11-7-18-9-19(11)2)14-12(15)4-10(6-17)5-13(14)16/h4-5,7,9H,3,8H2,1-2H3. The summed E-state index contributed by atoms with van der Waals surface area (Å²) in [6.07, 6.45) is 3.29. The second-order valence-corrected chi connectivity index (χ2v) is 4.41. The molecule has 6 heteroatoms. The molecule has 0 atom stereocenters. The summed E-state index contributed by atoms with van der Waals surface area (Å²) in [6.45, 7) is 2.59. The summed E-state index contributed by atoms with van der Waals surface area (Å²) in [5, 5.41) is 8.71. The second kappa shape index (κ2) is 5.70. The van der Waals surface area contributed by atoms with E-state index in [9.17, 15) is 8.78 Å². The summed E-state index contributed by atoms with van der Waals surface area (Å²) in [6, 6.07) is 3.83. The number of aryl methyl sites for hydroxylation is 1. The van der Waals surface area contributed by atoms with Gasteiger partial charge < -0.3 is 9.47 Å². The van der Waals surface area contributed by atoms with Crippen LogP contribution in [0.25, 0.3) is 0 Å². The summed E-state index contributed by atoms with van der Waals surface area (Å²) in [5.74, 6) is -1.46. The number of nitriles is 1. The molecule has 2 rings (SSSR count). The molecule has 20 heavy (non-hydrogen) atoms. The number of anilines is 1. The van der Waals surface area contributed by atoms with Crippen LogP contribution in [0.5, 0.6) is 0 Å². The van der Waals surface area contributed by atoms with Gasteiger partial charge >= 0.3 is 0 Å². The highest BCUT2D eigenvalue weighted by atomic mass is 19.1. The molecule has 0 unspecified atom stereocenters. The first kappa shape index (κ1) is 14.0. The van der Waals surface area contributed by atoms with E-state index in [-0.39, 0.29) is 11.3 Å². The van der Waals surface area contributed by atoms with Crippen LogP contribution in [-0.4, -0.2) is 16.1 Å². The van der Waals surface area contributed by atoms with Crippen molar-refractivity contribution in [2.24, 2.45) is 7.05 Å². The molecule has 0 N–H and O–H groups in total. The van der Waals surface area contributed by atoms with Crippen LogP contribution in [0.3, 0.4) is 0 Å². The number of hydrogen-bond acceptors (Lipinski definition) is 3. The lowest BCUT2D eigenvalue weighted by molar-refractivity contribution is 0.568. The Morgan fingerprint density at radius 2 is 2.00 bits per heavy atom. The fourth-order valence-electron chi connectivity index (χ4n) is 2.01. The molecule has 0 aliphatic rings. The van der Waals surface area contributed by atoms with Crippen LogP contribution in [0.2, 0.25) is 0 Å². The van der Waals surface area contributed by atoms with Crippen LogP contribution in [0.1, 0.15) is 18.2 Å². The predicted molar refractivity (Wildman–Crippen MR) is 71.0 cm³/mol. The highest BCUT2D eigenvalue weighted by Gasteiger charge is 2.18. The average molecular weight is 276 g/mol. The third kappa shape index (κ3) is 2.62. The quantitative estimate of drug-likeness (QED) is 0.862. The molecule has 0 bridgehead atoms. The van der Waals surface area contributed by atoms with E-state index in [2.05, 4.69) is 4.98 Å². The van der Waals surface area contributed by atoms with Gasteiger partial charge in [-0.1, -0.05) is 0 Å². The van der Waals surface area contributed by atoms with Crippen LogP contribution < -0.4 is 4.90 Å². The van der Waals surface area contributed by atoms with Crippen molar-refractivity contribution in [1.82, 2.24) is 9.55 Å². The van der Waals surface area contributed by atoms with Gasteiger partial charge in [0.05, 0.1) is 30.2 Å². The Hall–Kier alpha value is -2.42. The van der Waals surface area contributed by atoms with E-state index in [1.165, 1.54) is 0 Å². The highest BCUT2D eigenvalue weighted by molar-refractivity contribution is 5.52. The van der Waals surface area contributed by atoms with E-state index < -0.39 is 11.6 Å². The maximum Gasteiger partial charge on any atom is 0.150 e. The van der Waals surface area contributed by atoms with Crippen LogP contribution >= 0.6 is 0 Å². The van der Waals surface area contributed by atoms with Gasteiger partial charge in [-0.3, -0.25) is 0 Å². The molecule has 0 amide bonds. The van der Waals surface area contributed by atoms with Crippen LogP contribution in [0, 0.1) is 23.0 Å². The van der Waals surface area contributed by atoms with Gasteiger partial charge in [0.15, 0.2) is 11.6 Å². The monoisotopic (exact) mass is 276 g/mol. The van der Waals surface area contributed by atoms with Crippen molar-refractivity contribution in [2.45, 2.75) is 13.5 Å². The van der Waals surface area contributed by atoms with Crippen molar-refractivity contribution < 1.29 is 8.78 Å².